The molecule has 0 bridgehead atoms. The van der Waals surface area contributed by atoms with Gasteiger partial charge in [-0.3, -0.25) is 20.1 Å². The van der Waals surface area contributed by atoms with E-state index in [1.54, 1.807) is 31.0 Å². The van der Waals surface area contributed by atoms with Gasteiger partial charge in [0.25, 0.3) is 0 Å². The molecule has 0 saturated carbocycles. The number of nitrogens with one attached hydrogen (secondary N) is 2. The Morgan fingerprint density at radius 2 is 1.76 bits per heavy atom. The lowest BCUT2D eigenvalue weighted by molar-refractivity contribution is 0.600. The fourth-order valence-corrected chi connectivity index (χ4v) is 5.27. The Morgan fingerprint density at radius 1 is 0.921 bits per heavy atom. The van der Waals surface area contributed by atoms with Crippen LogP contribution in [0.4, 0.5) is 4.39 Å². The highest BCUT2D eigenvalue weighted by atomic mass is 32.2. The van der Waals surface area contributed by atoms with Crippen molar-refractivity contribution in [1.82, 2.24) is 30.1 Å². The first-order valence-electron chi connectivity index (χ1n) is 11.9. The number of benzene rings is 1. The third kappa shape index (κ3) is 4.54. The number of pyridine rings is 3. The largest absolute Gasteiger partial charge is 0.352 e. The molecule has 5 aromatic heterocycles. The quantitative estimate of drug-likeness (QED) is 0.306. The number of sulfone groups is 1. The number of nitrogens with zero attached hydrogens (tertiary/aromatic N) is 4. The maximum Gasteiger partial charge on any atom is 0.147 e. The minimum Gasteiger partial charge on any atom is -0.352 e. The lowest BCUT2D eigenvalue weighted by atomic mass is 10.0. The third-order valence-electron chi connectivity index (χ3n) is 6.59. The van der Waals surface area contributed by atoms with Crippen LogP contribution in [0.1, 0.15) is 11.1 Å². The van der Waals surface area contributed by atoms with E-state index in [2.05, 4.69) is 30.1 Å². The van der Waals surface area contributed by atoms with Crippen molar-refractivity contribution in [3.63, 3.8) is 0 Å². The zero-order chi connectivity index (χ0) is 26.4. The standard InChI is InChI=1S/C28H23FN6O2S/c1-16-3-5-30-12-22(16)24-11-21-27(15-32-24)34-35-28(21)25-10-20-23(13-31-14-26(20)33-25)18-7-17(8-19(29)9-18)4-6-38(2,36)37/h3,5,7-15,33H,4,6H2,1-2H3,(H,34,35). The minimum atomic E-state index is -3.17. The zero-order valence-electron chi connectivity index (χ0n) is 20.7. The average Bonchev–Trinajstić information content (AvgIpc) is 3.50. The molecule has 0 atom stereocenters. The number of rotatable bonds is 6. The van der Waals surface area contributed by atoms with Gasteiger partial charge < -0.3 is 4.98 Å². The highest BCUT2D eigenvalue weighted by molar-refractivity contribution is 7.90. The number of hydrogen-bond acceptors (Lipinski definition) is 6. The first-order chi connectivity index (χ1) is 18.2. The molecule has 6 aromatic rings. The summed E-state index contributed by atoms with van der Waals surface area (Å²) >= 11 is 0. The Kier molecular flexibility index (Phi) is 5.76. The second-order valence-electron chi connectivity index (χ2n) is 9.44. The molecule has 0 amide bonds. The molecule has 190 valence electrons. The van der Waals surface area contributed by atoms with Crippen molar-refractivity contribution in [2.24, 2.45) is 0 Å². The normalized spacial score (nSPS) is 12.0. The molecule has 38 heavy (non-hydrogen) atoms. The molecular formula is C28H23FN6O2S. The van der Waals surface area contributed by atoms with Gasteiger partial charge in [0.05, 0.1) is 40.6 Å². The highest BCUT2D eigenvalue weighted by Crippen LogP contribution is 2.35. The lowest BCUT2D eigenvalue weighted by Crippen LogP contribution is -2.06. The summed E-state index contributed by atoms with van der Waals surface area (Å²) in [5, 5.41) is 9.34. The maximum atomic E-state index is 14.5. The van der Waals surface area contributed by atoms with E-state index in [0.717, 1.165) is 55.6 Å². The van der Waals surface area contributed by atoms with Gasteiger partial charge in [-0.25, -0.2) is 12.8 Å². The monoisotopic (exact) mass is 526 g/mol. The van der Waals surface area contributed by atoms with Crippen molar-refractivity contribution in [2.75, 3.05) is 12.0 Å². The molecule has 8 nitrogen and oxygen atoms in total. The predicted octanol–water partition coefficient (Wildman–Crippen LogP) is 5.26. The molecule has 0 spiro atoms. The van der Waals surface area contributed by atoms with Crippen molar-refractivity contribution in [2.45, 2.75) is 13.3 Å². The molecule has 0 fully saturated rings. The van der Waals surface area contributed by atoms with Gasteiger partial charge in [-0.15, -0.1) is 0 Å². The van der Waals surface area contributed by atoms with E-state index in [4.69, 9.17) is 0 Å². The number of fused-ring (bicyclic) bond motifs is 2. The fourth-order valence-electron chi connectivity index (χ4n) is 4.66. The second kappa shape index (κ2) is 9.14. The second-order valence-corrected chi connectivity index (χ2v) is 11.7. The van der Waals surface area contributed by atoms with Crippen LogP contribution in [-0.4, -0.2) is 50.6 Å². The number of aromatic amines is 2. The first-order valence-corrected chi connectivity index (χ1v) is 14.0. The van der Waals surface area contributed by atoms with Gasteiger partial charge in [0, 0.05) is 46.7 Å². The van der Waals surface area contributed by atoms with Gasteiger partial charge in [-0.2, -0.15) is 5.10 Å². The van der Waals surface area contributed by atoms with Crippen molar-refractivity contribution in [3.05, 3.63) is 84.3 Å². The van der Waals surface area contributed by atoms with E-state index < -0.39 is 15.7 Å². The van der Waals surface area contributed by atoms with Crippen LogP contribution >= 0.6 is 0 Å². The molecule has 0 unspecified atom stereocenters. The van der Waals surface area contributed by atoms with E-state index >= 15 is 0 Å². The first kappa shape index (κ1) is 23.9. The van der Waals surface area contributed by atoms with Gasteiger partial charge in [0.15, 0.2) is 0 Å². The van der Waals surface area contributed by atoms with E-state index in [-0.39, 0.29) is 12.2 Å². The number of hydrogen-bond donors (Lipinski definition) is 2. The minimum absolute atomic E-state index is 0.0473. The topological polar surface area (TPSA) is 117 Å². The zero-order valence-corrected chi connectivity index (χ0v) is 21.5. The SMILES string of the molecule is Cc1ccncc1-c1cc2c(-c3cc4c(-c5cc(F)cc(CCS(C)(=O)=O)c5)cncc4[nH]3)n[nH]c2cn1. The Hall–Kier alpha value is -4.44. The average molecular weight is 527 g/mol. The summed E-state index contributed by atoms with van der Waals surface area (Å²) < 4.78 is 37.8. The molecule has 10 heteroatoms. The van der Waals surface area contributed by atoms with E-state index in [9.17, 15) is 12.8 Å². The summed E-state index contributed by atoms with van der Waals surface area (Å²) in [5.74, 6) is -0.475. The third-order valence-corrected chi connectivity index (χ3v) is 7.54. The Bertz CT molecular complexity index is 1940. The number of aryl methyl sites for hydroxylation is 2. The summed E-state index contributed by atoms with van der Waals surface area (Å²) in [4.78, 5) is 16.6. The Balaban J connectivity index is 1.44. The maximum absolute atomic E-state index is 14.5. The molecule has 6 rings (SSSR count). The number of H-pyrrole nitrogens is 2. The van der Waals surface area contributed by atoms with Crippen molar-refractivity contribution < 1.29 is 12.8 Å². The summed E-state index contributed by atoms with van der Waals surface area (Å²) in [6, 6.07) is 10.5. The summed E-state index contributed by atoms with van der Waals surface area (Å²) in [7, 11) is -3.17. The van der Waals surface area contributed by atoms with Gasteiger partial charge >= 0.3 is 0 Å². The van der Waals surface area contributed by atoms with Gasteiger partial charge in [-0.1, -0.05) is 6.07 Å². The smallest absolute Gasteiger partial charge is 0.147 e. The Labute approximate surface area is 217 Å². The molecule has 0 radical (unpaired) electrons. The molecule has 0 aliphatic heterocycles. The van der Waals surface area contributed by atoms with Crippen LogP contribution in [0.2, 0.25) is 0 Å². The van der Waals surface area contributed by atoms with E-state index in [1.807, 2.05) is 31.2 Å². The van der Waals surface area contributed by atoms with Crippen molar-refractivity contribution >= 4 is 31.6 Å². The van der Waals surface area contributed by atoms with Gasteiger partial charge in [0.2, 0.25) is 0 Å². The van der Waals surface area contributed by atoms with Crippen molar-refractivity contribution in [1.29, 1.82) is 0 Å². The van der Waals surface area contributed by atoms with Crippen LogP contribution in [0, 0.1) is 12.7 Å². The molecule has 0 aliphatic carbocycles. The van der Waals surface area contributed by atoms with Crippen LogP contribution in [0.3, 0.4) is 0 Å². The lowest BCUT2D eigenvalue weighted by Gasteiger charge is -2.07. The van der Waals surface area contributed by atoms with E-state index in [0.29, 0.717) is 11.1 Å². The molecule has 2 N–H and O–H groups in total. The Morgan fingerprint density at radius 3 is 2.58 bits per heavy atom. The summed E-state index contributed by atoms with van der Waals surface area (Å²) in [6.45, 7) is 2.02. The van der Waals surface area contributed by atoms with Gasteiger partial charge in [0.1, 0.15) is 21.3 Å². The molecule has 1 aromatic carbocycles. The van der Waals surface area contributed by atoms with Gasteiger partial charge in [-0.05, 0) is 60.4 Å². The number of aromatic nitrogens is 6. The molecule has 0 saturated heterocycles. The molecular weight excluding hydrogens is 503 g/mol. The van der Waals surface area contributed by atoms with Crippen LogP contribution in [0.25, 0.3) is 55.6 Å². The predicted molar refractivity (Wildman–Crippen MR) is 146 cm³/mol. The van der Waals surface area contributed by atoms with E-state index in [1.165, 1.54) is 18.4 Å². The molecule has 0 aliphatic rings. The summed E-state index contributed by atoms with van der Waals surface area (Å²) in [6.07, 6.45) is 10.1. The van der Waals surface area contributed by atoms with Crippen molar-refractivity contribution in [3.8, 4) is 33.8 Å². The summed E-state index contributed by atoms with van der Waals surface area (Å²) in [5.41, 5.74) is 7.85. The van der Waals surface area contributed by atoms with Crippen LogP contribution in [-0.2, 0) is 16.3 Å². The van der Waals surface area contributed by atoms with Crippen LogP contribution in [0.5, 0.6) is 0 Å². The van der Waals surface area contributed by atoms with Crippen LogP contribution < -0.4 is 0 Å². The highest BCUT2D eigenvalue weighted by Gasteiger charge is 2.16. The number of halogens is 1. The molecule has 5 heterocycles. The fraction of sp³-hybridized carbons (Fsp3) is 0.143. The van der Waals surface area contributed by atoms with Crippen LogP contribution in [0.15, 0.2) is 67.4 Å².